The molecule has 1 aliphatic heterocycles. The van der Waals surface area contributed by atoms with E-state index >= 15 is 0 Å². The average Bonchev–Trinajstić information content (AvgIpc) is 2.96. The van der Waals surface area contributed by atoms with Crippen molar-refractivity contribution in [3.05, 3.63) is 60.2 Å². The minimum atomic E-state index is -0.487. The van der Waals surface area contributed by atoms with Crippen LogP contribution in [-0.4, -0.2) is 24.5 Å². The van der Waals surface area contributed by atoms with Crippen LogP contribution in [0.1, 0.15) is 18.9 Å². The highest BCUT2D eigenvalue weighted by Gasteiger charge is 2.33. The molecule has 2 aromatic carbocycles. The average molecular weight is 323 g/mol. The number of amides is 3. The maximum absolute atomic E-state index is 12.5. The summed E-state index contributed by atoms with van der Waals surface area (Å²) in [6.45, 7) is 2.67. The summed E-state index contributed by atoms with van der Waals surface area (Å²) < 4.78 is 0. The highest BCUT2D eigenvalue weighted by molar-refractivity contribution is 6.02. The van der Waals surface area contributed by atoms with E-state index < -0.39 is 6.04 Å². The van der Waals surface area contributed by atoms with E-state index in [0.717, 1.165) is 23.4 Å². The van der Waals surface area contributed by atoms with Gasteiger partial charge in [0.2, 0.25) is 5.91 Å². The number of carbonyl (C=O) groups excluding carboxylic acids is 2. The van der Waals surface area contributed by atoms with Crippen LogP contribution < -0.4 is 15.5 Å². The number of carbonyl (C=O) groups is 2. The topological polar surface area (TPSA) is 61.4 Å². The smallest absolute Gasteiger partial charge is 0.319 e. The molecule has 5 heteroatoms. The Balaban J connectivity index is 1.60. The SMILES string of the molecule is CCc1cccc(NC(=O)NC2CCN(c3ccccc3)C2=O)c1. The molecule has 0 saturated carbocycles. The molecule has 24 heavy (non-hydrogen) atoms. The maximum Gasteiger partial charge on any atom is 0.319 e. The molecule has 0 aromatic heterocycles. The molecule has 0 aliphatic carbocycles. The minimum absolute atomic E-state index is 0.0707. The first-order chi connectivity index (χ1) is 11.7. The summed E-state index contributed by atoms with van der Waals surface area (Å²) in [5.41, 5.74) is 2.75. The van der Waals surface area contributed by atoms with Gasteiger partial charge in [0, 0.05) is 17.9 Å². The van der Waals surface area contributed by atoms with Gasteiger partial charge in [-0.15, -0.1) is 0 Å². The van der Waals surface area contributed by atoms with Crippen LogP contribution in [0.25, 0.3) is 0 Å². The molecular weight excluding hydrogens is 302 g/mol. The highest BCUT2D eigenvalue weighted by Crippen LogP contribution is 2.21. The Hall–Kier alpha value is -2.82. The molecule has 0 spiro atoms. The number of para-hydroxylation sites is 1. The lowest BCUT2D eigenvalue weighted by Crippen LogP contribution is -2.43. The van der Waals surface area contributed by atoms with Crippen molar-refractivity contribution >= 4 is 23.3 Å². The van der Waals surface area contributed by atoms with E-state index in [1.54, 1.807) is 4.90 Å². The Kier molecular flexibility index (Phi) is 4.79. The van der Waals surface area contributed by atoms with Crippen molar-refractivity contribution in [3.8, 4) is 0 Å². The second-order valence-electron chi connectivity index (χ2n) is 5.82. The summed E-state index contributed by atoms with van der Waals surface area (Å²) in [6.07, 6.45) is 1.51. The van der Waals surface area contributed by atoms with E-state index in [4.69, 9.17) is 0 Å². The molecule has 1 atom stereocenters. The number of hydrogen-bond donors (Lipinski definition) is 2. The normalized spacial score (nSPS) is 17.0. The second-order valence-corrected chi connectivity index (χ2v) is 5.82. The summed E-state index contributed by atoms with van der Waals surface area (Å²) >= 11 is 0. The van der Waals surface area contributed by atoms with Gasteiger partial charge in [-0.3, -0.25) is 4.79 Å². The molecule has 5 nitrogen and oxygen atoms in total. The predicted molar refractivity (Wildman–Crippen MR) is 95.2 cm³/mol. The molecule has 1 saturated heterocycles. The highest BCUT2D eigenvalue weighted by atomic mass is 16.2. The number of nitrogens with zero attached hydrogens (tertiary/aromatic N) is 1. The Labute approximate surface area is 141 Å². The van der Waals surface area contributed by atoms with Crippen molar-refractivity contribution in [3.63, 3.8) is 0 Å². The van der Waals surface area contributed by atoms with Gasteiger partial charge >= 0.3 is 6.03 Å². The van der Waals surface area contributed by atoms with Crippen molar-refractivity contribution in [2.45, 2.75) is 25.8 Å². The second kappa shape index (κ2) is 7.17. The Bertz CT molecular complexity index is 730. The van der Waals surface area contributed by atoms with Crippen LogP contribution >= 0.6 is 0 Å². The van der Waals surface area contributed by atoms with Crippen molar-refractivity contribution in [2.24, 2.45) is 0 Å². The van der Waals surface area contributed by atoms with E-state index in [9.17, 15) is 9.59 Å². The lowest BCUT2D eigenvalue weighted by atomic mass is 10.1. The van der Waals surface area contributed by atoms with Crippen molar-refractivity contribution in [1.29, 1.82) is 0 Å². The Morgan fingerprint density at radius 3 is 2.71 bits per heavy atom. The van der Waals surface area contributed by atoms with Gasteiger partial charge in [-0.2, -0.15) is 0 Å². The van der Waals surface area contributed by atoms with E-state index in [2.05, 4.69) is 17.6 Å². The number of urea groups is 1. The van der Waals surface area contributed by atoms with Crippen LogP contribution in [0, 0.1) is 0 Å². The third-order valence-corrected chi connectivity index (χ3v) is 4.17. The molecule has 2 aromatic rings. The monoisotopic (exact) mass is 323 g/mol. The van der Waals surface area contributed by atoms with Gasteiger partial charge in [-0.25, -0.2) is 4.79 Å². The molecule has 1 fully saturated rings. The van der Waals surface area contributed by atoms with E-state index in [0.29, 0.717) is 13.0 Å². The third-order valence-electron chi connectivity index (χ3n) is 4.17. The van der Waals surface area contributed by atoms with Gasteiger partial charge in [0.1, 0.15) is 6.04 Å². The van der Waals surface area contributed by atoms with Crippen LogP contribution in [-0.2, 0) is 11.2 Å². The molecule has 1 unspecified atom stereocenters. The fourth-order valence-electron chi connectivity index (χ4n) is 2.87. The zero-order valence-electron chi connectivity index (χ0n) is 13.7. The van der Waals surface area contributed by atoms with Gasteiger partial charge in [0.15, 0.2) is 0 Å². The van der Waals surface area contributed by atoms with Gasteiger partial charge in [0.05, 0.1) is 0 Å². The van der Waals surface area contributed by atoms with Gasteiger partial charge < -0.3 is 15.5 Å². The lowest BCUT2D eigenvalue weighted by molar-refractivity contribution is -0.118. The number of hydrogen-bond acceptors (Lipinski definition) is 2. The van der Waals surface area contributed by atoms with Crippen molar-refractivity contribution < 1.29 is 9.59 Å². The lowest BCUT2D eigenvalue weighted by Gasteiger charge is -2.17. The largest absolute Gasteiger partial charge is 0.326 e. The summed E-state index contributed by atoms with van der Waals surface area (Å²) in [5, 5.41) is 5.57. The van der Waals surface area contributed by atoms with Gasteiger partial charge in [-0.05, 0) is 42.7 Å². The minimum Gasteiger partial charge on any atom is -0.326 e. The number of aryl methyl sites for hydroxylation is 1. The number of benzene rings is 2. The quantitative estimate of drug-likeness (QED) is 0.908. The van der Waals surface area contributed by atoms with E-state index in [1.807, 2.05) is 54.6 Å². The standard InChI is InChI=1S/C19H21N3O2/c1-2-14-7-6-8-15(13-14)20-19(24)21-17-11-12-22(18(17)23)16-9-4-3-5-10-16/h3-10,13,17H,2,11-12H2,1H3,(H2,20,21,24). The van der Waals surface area contributed by atoms with Crippen molar-refractivity contribution in [1.82, 2.24) is 5.32 Å². The summed E-state index contributed by atoms with van der Waals surface area (Å²) in [6, 6.07) is 16.4. The fourth-order valence-corrected chi connectivity index (χ4v) is 2.87. The van der Waals surface area contributed by atoms with E-state index in [1.165, 1.54) is 0 Å². The maximum atomic E-state index is 12.5. The molecule has 2 N–H and O–H groups in total. The first kappa shape index (κ1) is 16.1. The first-order valence-corrected chi connectivity index (χ1v) is 8.20. The van der Waals surface area contributed by atoms with Crippen LogP contribution in [0.4, 0.5) is 16.2 Å². The Morgan fingerprint density at radius 1 is 1.17 bits per heavy atom. The third kappa shape index (κ3) is 3.56. The summed E-state index contributed by atoms with van der Waals surface area (Å²) in [7, 11) is 0. The summed E-state index contributed by atoms with van der Waals surface area (Å²) in [5.74, 6) is -0.0707. The Morgan fingerprint density at radius 2 is 1.96 bits per heavy atom. The molecule has 1 aliphatic rings. The van der Waals surface area contributed by atoms with Crippen LogP contribution in [0.3, 0.4) is 0 Å². The molecule has 3 amide bonds. The van der Waals surface area contributed by atoms with Crippen LogP contribution in [0.2, 0.25) is 0 Å². The predicted octanol–water partition coefficient (Wildman–Crippen LogP) is 3.18. The molecule has 1 heterocycles. The first-order valence-electron chi connectivity index (χ1n) is 8.20. The fraction of sp³-hybridized carbons (Fsp3) is 0.263. The van der Waals surface area contributed by atoms with Gasteiger partial charge in [0.25, 0.3) is 0 Å². The van der Waals surface area contributed by atoms with Crippen LogP contribution in [0.5, 0.6) is 0 Å². The van der Waals surface area contributed by atoms with E-state index in [-0.39, 0.29) is 11.9 Å². The zero-order valence-corrected chi connectivity index (χ0v) is 13.7. The molecule has 3 rings (SSSR count). The molecule has 0 radical (unpaired) electrons. The number of anilines is 2. The zero-order chi connectivity index (χ0) is 16.9. The molecule has 0 bridgehead atoms. The van der Waals surface area contributed by atoms with Gasteiger partial charge in [-0.1, -0.05) is 37.3 Å². The molecule has 124 valence electrons. The molecular formula is C19H21N3O2. The van der Waals surface area contributed by atoms with Crippen molar-refractivity contribution in [2.75, 3.05) is 16.8 Å². The number of nitrogens with one attached hydrogen (secondary N) is 2. The summed E-state index contributed by atoms with van der Waals surface area (Å²) in [4.78, 5) is 26.4. The van der Waals surface area contributed by atoms with Crippen LogP contribution in [0.15, 0.2) is 54.6 Å². The number of rotatable bonds is 4.